The maximum Gasteiger partial charge on any atom is 0.241 e. The smallest absolute Gasteiger partial charge is 0.241 e. The van der Waals surface area contributed by atoms with Gasteiger partial charge in [0.1, 0.15) is 0 Å². The first-order valence-electron chi connectivity index (χ1n) is 5.06. The summed E-state index contributed by atoms with van der Waals surface area (Å²) in [5, 5.41) is 2.49. The molecule has 16 heavy (non-hydrogen) atoms. The topological polar surface area (TPSA) is 75.4 Å². The molecule has 0 aromatic carbocycles. The number of carbonyl (C=O) groups is 2. The summed E-state index contributed by atoms with van der Waals surface area (Å²) in [6.07, 6.45) is 1.03. The van der Waals surface area contributed by atoms with Crippen LogP contribution in [0.5, 0.6) is 0 Å². The van der Waals surface area contributed by atoms with Crippen molar-refractivity contribution in [3.8, 4) is 0 Å². The molecule has 1 rings (SSSR count). The summed E-state index contributed by atoms with van der Waals surface area (Å²) in [4.78, 5) is 24.3. The monoisotopic (exact) mass is 267 g/mol. The molecular formula is C9H18ClN3O2S. The van der Waals surface area contributed by atoms with Gasteiger partial charge in [-0.25, -0.2) is 0 Å². The zero-order chi connectivity index (χ0) is 11.1. The van der Waals surface area contributed by atoms with Crippen LogP contribution in [0.4, 0.5) is 0 Å². The highest BCUT2D eigenvalue weighted by Gasteiger charge is 2.15. The van der Waals surface area contributed by atoms with Crippen LogP contribution >= 0.6 is 24.2 Å². The Bertz CT molecular complexity index is 233. The number of carbonyl (C=O) groups excluding carboxylic acids is 2. The van der Waals surface area contributed by atoms with Crippen molar-refractivity contribution in [1.82, 2.24) is 10.2 Å². The quantitative estimate of drug-likeness (QED) is 0.719. The fraction of sp³-hybridized carbons (Fsp3) is 0.778. The Labute approximate surface area is 106 Å². The number of hydrogen-bond acceptors (Lipinski definition) is 4. The molecule has 1 saturated heterocycles. The molecule has 1 heterocycles. The van der Waals surface area contributed by atoms with Crippen LogP contribution < -0.4 is 11.1 Å². The maximum atomic E-state index is 11.6. The average molecular weight is 268 g/mol. The van der Waals surface area contributed by atoms with Gasteiger partial charge in [-0.2, -0.15) is 11.8 Å². The molecule has 0 aromatic rings. The third kappa shape index (κ3) is 5.58. The lowest BCUT2D eigenvalue weighted by Crippen LogP contribution is -2.42. The molecule has 0 atom stereocenters. The van der Waals surface area contributed by atoms with Gasteiger partial charge in [0.05, 0.1) is 13.1 Å². The van der Waals surface area contributed by atoms with E-state index in [2.05, 4.69) is 5.32 Å². The van der Waals surface area contributed by atoms with E-state index in [1.54, 1.807) is 4.90 Å². The van der Waals surface area contributed by atoms with E-state index in [9.17, 15) is 9.59 Å². The van der Waals surface area contributed by atoms with Gasteiger partial charge < -0.3 is 16.0 Å². The van der Waals surface area contributed by atoms with Crippen LogP contribution in [0.3, 0.4) is 0 Å². The summed E-state index contributed by atoms with van der Waals surface area (Å²) >= 11 is 1.86. The number of nitrogens with one attached hydrogen (secondary N) is 1. The fourth-order valence-corrected chi connectivity index (χ4v) is 2.24. The van der Waals surface area contributed by atoms with E-state index >= 15 is 0 Å². The number of nitrogens with zero attached hydrogens (tertiary/aromatic N) is 1. The lowest BCUT2D eigenvalue weighted by atomic mass is 10.4. The van der Waals surface area contributed by atoms with Crippen LogP contribution in [0, 0.1) is 0 Å². The van der Waals surface area contributed by atoms with Gasteiger partial charge in [0.15, 0.2) is 0 Å². The van der Waals surface area contributed by atoms with Gasteiger partial charge in [0.25, 0.3) is 0 Å². The van der Waals surface area contributed by atoms with Gasteiger partial charge in [-0.3, -0.25) is 9.59 Å². The van der Waals surface area contributed by atoms with Crippen LogP contribution in [-0.2, 0) is 9.59 Å². The van der Waals surface area contributed by atoms with E-state index in [0.717, 1.165) is 31.0 Å². The third-order valence-corrected chi connectivity index (χ3v) is 3.25. The molecule has 0 aliphatic carbocycles. The SMILES string of the molecule is Cl.NCC(=O)NCC(=O)N1CCCSCC1. The van der Waals surface area contributed by atoms with Crippen molar-refractivity contribution in [3.63, 3.8) is 0 Å². The summed E-state index contributed by atoms with van der Waals surface area (Å²) in [6.45, 7) is 1.58. The molecule has 0 saturated carbocycles. The standard InChI is InChI=1S/C9H17N3O2S.ClH/c10-6-8(13)11-7-9(14)12-2-1-4-15-5-3-12;/h1-7,10H2,(H,11,13);1H. The number of amides is 2. The molecule has 94 valence electrons. The van der Waals surface area contributed by atoms with Crippen LogP contribution in [0.25, 0.3) is 0 Å². The number of halogens is 1. The van der Waals surface area contributed by atoms with E-state index in [1.165, 1.54) is 0 Å². The van der Waals surface area contributed by atoms with Gasteiger partial charge >= 0.3 is 0 Å². The van der Waals surface area contributed by atoms with Crippen LogP contribution in [-0.4, -0.2) is 54.4 Å². The molecule has 7 heteroatoms. The Kier molecular flexibility index (Phi) is 8.42. The van der Waals surface area contributed by atoms with Crippen molar-refractivity contribution >= 4 is 36.0 Å². The minimum atomic E-state index is -0.285. The minimum absolute atomic E-state index is 0. The van der Waals surface area contributed by atoms with E-state index < -0.39 is 0 Å². The zero-order valence-corrected chi connectivity index (χ0v) is 10.7. The molecule has 1 fully saturated rings. The second-order valence-corrected chi connectivity index (χ2v) is 4.55. The zero-order valence-electron chi connectivity index (χ0n) is 9.11. The highest BCUT2D eigenvalue weighted by atomic mass is 35.5. The summed E-state index contributed by atoms with van der Waals surface area (Å²) in [6, 6.07) is 0. The predicted molar refractivity (Wildman–Crippen MR) is 67.8 cm³/mol. The molecule has 0 bridgehead atoms. The Morgan fingerprint density at radius 2 is 2.06 bits per heavy atom. The third-order valence-electron chi connectivity index (χ3n) is 2.20. The minimum Gasteiger partial charge on any atom is -0.346 e. The van der Waals surface area contributed by atoms with Crippen LogP contribution in [0.2, 0.25) is 0 Å². The first kappa shape index (κ1) is 15.5. The van der Waals surface area contributed by atoms with Gasteiger partial charge in [-0.15, -0.1) is 12.4 Å². The first-order valence-corrected chi connectivity index (χ1v) is 6.22. The van der Waals surface area contributed by atoms with Crippen molar-refractivity contribution in [2.24, 2.45) is 5.73 Å². The Balaban J connectivity index is 0.00000225. The van der Waals surface area contributed by atoms with Gasteiger partial charge in [-0.1, -0.05) is 0 Å². The van der Waals surface area contributed by atoms with Gasteiger partial charge in [-0.05, 0) is 12.2 Å². The van der Waals surface area contributed by atoms with Crippen molar-refractivity contribution in [1.29, 1.82) is 0 Å². The molecule has 0 aromatic heterocycles. The fourth-order valence-electron chi connectivity index (χ4n) is 1.35. The van der Waals surface area contributed by atoms with E-state index in [-0.39, 0.29) is 37.3 Å². The predicted octanol–water partition coefficient (Wildman–Crippen LogP) is -0.551. The largest absolute Gasteiger partial charge is 0.346 e. The summed E-state index contributed by atoms with van der Waals surface area (Å²) in [7, 11) is 0. The lowest BCUT2D eigenvalue weighted by molar-refractivity contribution is -0.132. The molecule has 3 N–H and O–H groups in total. The number of rotatable bonds is 3. The molecule has 0 radical (unpaired) electrons. The molecule has 0 spiro atoms. The van der Waals surface area contributed by atoms with Crippen LogP contribution in [0.15, 0.2) is 0 Å². The average Bonchev–Trinajstić information content (AvgIpc) is 2.53. The molecule has 1 aliphatic heterocycles. The van der Waals surface area contributed by atoms with Crippen molar-refractivity contribution < 1.29 is 9.59 Å². The van der Waals surface area contributed by atoms with Crippen molar-refractivity contribution in [3.05, 3.63) is 0 Å². The van der Waals surface area contributed by atoms with E-state index in [1.807, 2.05) is 11.8 Å². The van der Waals surface area contributed by atoms with Crippen molar-refractivity contribution in [2.45, 2.75) is 6.42 Å². The van der Waals surface area contributed by atoms with Gasteiger partial charge in [0.2, 0.25) is 11.8 Å². The molecule has 2 amide bonds. The summed E-state index contributed by atoms with van der Waals surface area (Å²) < 4.78 is 0. The van der Waals surface area contributed by atoms with Crippen molar-refractivity contribution in [2.75, 3.05) is 37.7 Å². The van der Waals surface area contributed by atoms with Crippen LogP contribution in [0.1, 0.15) is 6.42 Å². The molecule has 1 aliphatic rings. The second kappa shape index (κ2) is 8.66. The number of nitrogens with two attached hydrogens (primary N) is 1. The Hall–Kier alpha value is -0.460. The number of hydrogen-bond donors (Lipinski definition) is 2. The normalized spacial score (nSPS) is 15.9. The lowest BCUT2D eigenvalue weighted by Gasteiger charge is -2.19. The van der Waals surface area contributed by atoms with E-state index in [0.29, 0.717) is 0 Å². The Morgan fingerprint density at radius 1 is 1.31 bits per heavy atom. The molecule has 0 unspecified atom stereocenters. The molecular weight excluding hydrogens is 250 g/mol. The second-order valence-electron chi connectivity index (χ2n) is 3.33. The molecule has 5 nitrogen and oxygen atoms in total. The highest BCUT2D eigenvalue weighted by molar-refractivity contribution is 7.99. The number of thioether (sulfide) groups is 1. The first-order chi connectivity index (χ1) is 7.24. The van der Waals surface area contributed by atoms with E-state index in [4.69, 9.17) is 5.73 Å². The maximum absolute atomic E-state index is 11.6. The summed E-state index contributed by atoms with van der Waals surface area (Å²) in [5.74, 6) is 1.79. The summed E-state index contributed by atoms with van der Waals surface area (Å²) in [5.41, 5.74) is 5.12. The Morgan fingerprint density at radius 3 is 2.75 bits per heavy atom. The highest BCUT2D eigenvalue weighted by Crippen LogP contribution is 2.09. The van der Waals surface area contributed by atoms with Gasteiger partial charge in [0, 0.05) is 18.8 Å².